The van der Waals surface area contributed by atoms with E-state index in [1.165, 1.54) is 0 Å². The van der Waals surface area contributed by atoms with Gasteiger partial charge in [0.15, 0.2) is 0 Å². The van der Waals surface area contributed by atoms with Crippen LogP contribution in [0.2, 0.25) is 0 Å². The summed E-state index contributed by atoms with van der Waals surface area (Å²) in [6, 6.07) is -0.483. The molecule has 1 heterocycles. The highest BCUT2D eigenvalue weighted by atomic mass is 16.4. The first-order chi connectivity index (χ1) is 20.1. The van der Waals surface area contributed by atoms with Gasteiger partial charge in [0.25, 0.3) is 0 Å². The summed E-state index contributed by atoms with van der Waals surface area (Å²) in [5.74, 6) is -6.77. The number of carboxylic acid groups (broad SMARTS) is 6. The van der Waals surface area contributed by atoms with Crippen LogP contribution in [0.1, 0.15) is 6.92 Å². The van der Waals surface area contributed by atoms with Crippen LogP contribution in [-0.2, 0) is 28.8 Å². The topological polar surface area (TPSA) is 243 Å². The summed E-state index contributed by atoms with van der Waals surface area (Å²) in [5.41, 5.74) is 0. The Labute approximate surface area is 249 Å². The molecular weight excluding hydrogens is 576 g/mol. The zero-order valence-electron chi connectivity index (χ0n) is 24.4. The van der Waals surface area contributed by atoms with E-state index in [4.69, 9.17) is 0 Å². The summed E-state index contributed by atoms with van der Waals surface area (Å²) in [6.07, 6.45) is 0. The maximum Gasteiger partial charge on any atom is 0.317 e. The zero-order chi connectivity index (χ0) is 32.5. The molecule has 43 heavy (non-hydrogen) atoms. The Bertz CT molecular complexity index is 954. The van der Waals surface area contributed by atoms with Gasteiger partial charge in [0.2, 0.25) is 0 Å². The Morgan fingerprint density at radius 3 is 0.930 bits per heavy atom. The molecule has 6 N–H and O–H groups in total. The number of hydrogen-bond acceptors (Lipinski definition) is 12. The molecule has 0 saturated carbocycles. The first-order valence-corrected chi connectivity index (χ1v) is 13.8. The zero-order valence-corrected chi connectivity index (χ0v) is 24.4. The Kier molecular flexibility index (Phi) is 17.2. The quantitative estimate of drug-likeness (QED) is 0.125. The first-order valence-electron chi connectivity index (χ1n) is 13.8. The van der Waals surface area contributed by atoms with Crippen molar-refractivity contribution in [2.24, 2.45) is 0 Å². The summed E-state index contributed by atoms with van der Waals surface area (Å²) < 4.78 is 0. The fraction of sp³-hybridized carbons (Fsp3) is 0.760. The summed E-state index contributed by atoms with van der Waals surface area (Å²) >= 11 is 0. The summed E-state index contributed by atoms with van der Waals surface area (Å²) in [4.78, 5) is 78.6. The molecule has 0 amide bonds. The Morgan fingerprint density at radius 1 is 0.419 bits per heavy atom. The molecule has 0 spiro atoms. The van der Waals surface area contributed by atoms with Gasteiger partial charge in [-0.15, -0.1) is 0 Å². The predicted molar refractivity (Wildman–Crippen MR) is 149 cm³/mol. The lowest BCUT2D eigenvalue weighted by molar-refractivity contribution is -0.141. The summed E-state index contributed by atoms with van der Waals surface area (Å²) in [6.45, 7) is 0.829. The number of carbonyl (C=O) groups is 6. The predicted octanol–water partition coefficient (Wildman–Crippen LogP) is -3.29. The van der Waals surface area contributed by atoms with Crippen LogP contribution in [0, 0.1) is 0 Å². The lowest BCUT2D eigenvalue weighted by atomic mass is 10.2. The molecule has 1 rings (SSSR count). The normalized spacial score (nSPS) is 21.0. The highest BCUT2D eigenvalue weighted by Crippen LogP contribution is 2.06. The van der Waals surface area contributed by atoms with Crippen LogP contribution < -0.4 is 0 Å². The van der Waals surface area contributed by atoms with Crippen LogP contribution in [0.25, 0.3) is 0 Å². The van der Waals surface area contributed by atoms with E-state index in [0.717, 1.165) is 0 Å². The lowest BCUT2D eigenvalue weighted by Crippen LogP contribution is -2.51. The van der Waals surface area contributed by atoms with Gasteiger partial charge in [0.1, 0.15) is 0 Å². The van der Waals surface area contributed by atoms with E-state index in [9.17, 15) is 59.4 Å². The molecule has 18 nitrogen and oxygen atoms in total. The smallest absolute Gasteiger partial charge is 0.317 e. The van der Waals surface area contributed by atoms with Crippen molar-refractivity contribution in [3.63, 3.8) is 0 Å². The van der Waals surface area contributed by atoms with Crippen LogP contribution in [0.5, 0.6) is 0 Å². The van der Waals surface area contributed by atoms with Crippen LogP contribution >= 0.6 is 0 Å². The average molecular weight is 621 g/mol. The van der Waals surface area contributed by atoms with Gasteiger partial charge in [-0.25, -0.2) is 0 Å². The highest BCUT2D eigenvalue weighted by Gasteiger charge is 2.24. The SMILES string of the molecule is CC1CN(CC(=O)O)CCN(CC(=O)O)CCN(CC(=O)O)CCN(CC(=O)O)CCN(CC(=O)O)CCN1CC(=O)O. The van der Waals surface area contributed by atoms with Gasteiger partial charge >= 0.3 is 35.8 Å². The average Bonchev–Trinajstić information content (AvgIpc) is 2.86. The Balaban J connectivity index is 3.36. The fourth-order valence-electron chi connectivity index (χ4n) is 4.79. The minimum absolute atomic E-state index is 0.122. The van der Waals surface area contributed by atoms with Gasteiger partial charge in [0.05, 0.1) is 39.3 Å². The van der Waals surface area contributed by atoms with Crippen LogP contribution in [0.15, 0.2) is 0 Å². The van der Waals surface area contributed by atoms with Crippen LogP contribution in [-0.4, -0.2) is 213 Å². The summed E-state index contributed by atoms with van der Waals surface area (Å²) in [5, 5.41) is 56.6. The van der Waals surface area contributed by atoms with Crippen molar-refractivity contribution < 1.29 is 59.4 Å². The molecule has 0 aromatic heterocycles. The largest absolute Gasteiger partial charge is 0.480 e. The number of hydrogen-bond donors (Lipinski definition) is 6. The van der Waals surface area contributed by atoms with Gasteiger partial charge < -0.3 is 30.6 Å². The summed E-state index contributed by atoms with van der Waals surface area (Å²) in [7, 11) is 0. The molecule has 1 aliphatic heterocycles. The van der Waals surface area contributed by atoms with Gasteiger partial charge in [-0.2, -0.15) is 0 Å². The van der Waals surface area contributed by atoms with E-state index >= 15 is 0 Å². The third-order valence-electron chi connectivity index (χ3n) is 6.91. The molecule has 0 aliphatic carbocycles. The molecule has 1 aliphatic rings. The fourth-order valence-corrected chi connectivity index (χ4v) is 4.79. The molecule has 1 fully saturated rings. The number of aliphatic carboxylic acids is 6. The van der Waals surface area contributed by atoms with Gasteiger partial charge in [-0.05, 0) is 6.92 Å². The van der Waals surface area contributed by atoms with E-state index < -0.39 is 48.4 Å². The lowest BCUT2D eigenvalue weighted by Gasteiger charge is -2.35. The molecule has 0 aromatic carbocycles. The van der Waals surface area contributed by atoms with Crippen molar-refractivity contribution in [2.45, 2.75) is 13.0 Å². The second kappa shape index (κ2) is 19.7. The van der Waals surface area contributed by atoms with E-state index in [1.807, 2.05) is 0 Å². The van der Waals surface area contributed by atoms with Crippen molar-refractivity contribution >= 4 is 35.8 Å². The molecule has 0 bridgehead atoms. The maximum atomic E-state index is 11.6. The van der Waals surface area contributed by atoms with Gasteiger partial charge in [-0.1, -0.05) is 0 Å². The third-order valence-corrected chi connectivity index (χ3v) is 6.91. The van der Waals surface area contributed by atoms with Crippen molar-refractivity contribution in [2.75, 3.05) is 111 Å². The molecule has 0 radical (unpaired) electrons. The molecule has 1 unspecified atom stereocenters. The Morgan fingerprint density at radius 2 is 0.651 bits per heavy atom. The molecule has 1 saturated heterocycles. The second-order valence-electron chi connectivity index (χ2n) is 10.5. The number of carboxylic acids is 6. The van der Waals surface area contributed by atoms with E-state index in [1.54, 1.807) is 36.3 Å². The minimum Gasteiger partial charge on any atom is -0.480 e. The van der Waals surface area contributed by atoms with Crippen molar-refractivity contribution in [1.82, 2.24) is 29.4 Å². The van der Waals surface area contributed by atoms with Crippen LogP contribution in [0.3, 0.4) is 0 Å². The minimum atomic E-state index is -1.13. The standard InChI is InChI=1S/C25H44N6O12/c1-19-12-30(17-24(40)41)9-8-28(15-22(36)37)5-4-26(13-20(32)33)2-3-27(14-21(34)35)6-7-29(16-23(38)39)10-11-31(19)18-25(42)43/h19H,2-18H2,1H3,(H,32,33)(H,34,35)(H,36,37)(H,38,39)(H,40,41)(H,42,43). The van der Waals surface area contributed by atoms with Crippen molar-refractivity contribution in [3.05, 3.63) is 0 Å². The van der Waals surface area contributed by atoms with E-state index in [2.05, 4.69) is 0 Å². The monoisotopic (exact) mass is 620 g/mol. The van der Waals surface area contributed by atoms with Gasteiger partial charge in [-0.3, -0.25) is 58.2 Å². The van der Waals surface area contributed by atoms with Crippen molar-refractivity contribution in [1.29, 1.82) is 0 Å². The number of nitrogens with zero attached hydrogens (tertiary/aromatic N) is 6. The third kappa shape index (κ3) is 18.0. The van der Waals surface area contributed by atoms with Crippen molar-refractivity contribution in [3.8, 4) is 0 Å². The molecule has 18 heteroatoms. The first kappa shape index (κ1) is 37.6. The van der Waals surface area contributed by atoms with Gasteiger partial charge in [0, 0.05) is 78.0 Å². The highest BCUT2D eigenvalue weighted by molar-refractivity contribution is 5.71. The molecule has 246 valence electrons. The molecular formula is C25H44N6O12. The maximum absolute atomic E-state index is 11.6. The molecule has 0 aromatic rings. The molecule has 1 atom stereocenters. The second-order valence-corrected chi connectivity index (χ2v) is 10.5. The number of rotatable bonds is 12. The van der Waals surface area contributed by atoms with E-state index in [-0.39, 0.29) is 105 Å². The Hall–Kier alpha value is -3.42. The van der Waals surface area contributed by atoms with Crippen LogP contribution in [0.4, 0.5) is 0 Å². The van der Waals surface area contributed by atoms with E-state index in [0.29, 0.717) is 0 Å².